The number of rotatable bonds is 7. The molecule has 1 fully saturated rings. The number of anilines is 1. The first-order valence-corrected chi connectivity index (χ1v) is 12.9. The van der Waals surface area contributed by atoms with Crippen LogP contribution in [0.1, 0.15) is 31.7 Å². The lowest BCUT2D eigenvalue weighted by Crippen LogP contribution is -2.41. The zero-order chi connectivity index (χ0) is 23.4. The van der Waals surface area contributed by atoms with E-state index in [4.69, 9.17) is 4.74 Å². The van der Waals surface area contributed by atoms with Gasteiger partial charge in [0.1, 0.15) is 5.75 Å². The van der Waals surface area contributed by atoms with Gasteiger partial charge in [-0.3, -0.25) is 4.79 Å². The quantitative estimate of drug-likeness (QED) is 0.533. The van der Waals surface area contributed by atoms with Crippen molar-refractivity contribution in [3.05, 3.63) is 66.2 Å². The molecule has 0 atom stereocenters. The monoisotopic (exact) mass is 466 g/mol. The van der Waals surface area contributed by atoms with E-state index in [1.54, 1.807) is 12.1 Å². The largest absolute Gasteiger partial charge is 0.494 e. The number of fused-ring (bicyclic) bond motifs is 1. The fourth-order valence-electron chi connectivity index (χ4n) is 4.16. The van der Waals surface area contributed by atoms with Crippen LogP contribution in [0, 0.1) is 12.8 Å². The van der Waals surface area contributed by atoms with E-state index >= 15 is 0 Å². The zero-order valence-corrected chi connectivity index (χ0v) is 19.9. The number of nitrogens with one attached hydrogen (secondary N) is 1. The molecule has 6 nitrogen and oxygen atoms in total. The number of nitrogens with zero attached hydrogens (tertiary/aromatic N) is 1. The van der Waals surface area contributed by atoms with Gasteiger partial charge in [-0.1, -0.05) is 37.3 Å². The fraction of sp³-hybridized carbons (Fsp3) is 0.346. The number of carbonyl (C=O) groups excluding carboxylic acids is 1. The number of ether oxygens (including phenoxy) is 1. The molecule has 0 spiro atoms. The maximum absolute atomic E-state index is 13.2. The number of amides is 1. The Morgan fingerprint density at radius 2 is 1.76 bits per heavy atom. The Morgan fingerprint density at radius 3 is 2.45 bits per heavy atom. The second kappa shape index (κ2) is 9.93. The number of carbonyl (C=O) groups is 1. The van der Waals surface area contributed by atoms with Gasteiger partial charge in [-0.15, -0.1) is 0 Å². The molecular formula is C26H30N2O4S. The van der Waals surface area contributed by atoms with Crippen LogP contribution in [0.2, 0.25) is 0 Å². The second-order valence-electron chi connectivity index (χ2n) is 8.50. The zero-order valence-electron chi connectivity index (χ0n) is 19.1. The van der Waals surface area contributed by atoms with Gasteiger partial charge in [0.25, 0.3) is 0 Å². The van der Waals surface area contributed by atoms with Crippen molar-refractivity contribution in [2.45, 2.75) is 38.0 Å². The van der Waals surface area contributed by atoms with Crippen LogP contribution < -0.4 is 10.1 Å². The first kappa shape index (κ1) is 23.3. The SMILES string of the molecule is CCCOc1ccc(NC(=O)C2CCN(S(=O)(=O)c3ccc4ccccc4c3)CC2)c(C)c1. The van der Waals surface area contributed by atoms with Gasteiger partial charge >= 0.3 is 0 Å². The Morgan fingerprint density at radius 1 is 1.03 bits per heavy atom. The van der Waals surface area contributed by atoms with Crippen molar-refractivity contribution in [2.24, 2.45) is 5.92 Å². The molecule has 1 aliphatic rings. The second-order valence-corrected chi connectivity index (χ2v) is 10.4. The number of sulfonamides is 1. The first-order valence-electron chi connectivity index (χ1n) is 11.4. The lowest BCUT2D eigenvalue weighted by atomic mass is 9.97. The van der Waals surface area contributed by atoms with Crippen molar-refractivity contribution in [3.8, 4) is 5.75 Å². The molecule has 1 aliphatic heterocycles. The first-order chi connectivity index (χ1) is 15.9. The minimum atomic E-state index is -3.59. The van der Waals surface area contributed by atoms with Crippen LogP contribution in [0.5, 0.6) is 5.75 Å². The van der Waals surface area contributed by atoms with Gasteiger partial charge in [-0.05, 0) is 72.9 Å². The summed E-state index contributed by atoms with van der Waals surface area (Å²) < 4.78 is 33.5. The highest BCUT2D eigenvalue weighted by atomic mass is 32.2. The third-order valence-corrected chi connectivity index (χ3v) is 8.01. The highest BCUT2D eigenvalue weighted by molar-refractivity contribution is 7.89. The number of benzene rings is 3. The standard InChI is InChI=1S/C26H30N2O4S/c1-3-16-32-23-9-11-25(19(2)17-23)27-26(29)21-12-14-28(15-13-21)33(30,31)24-10-8-20-6-4-5-7-22(20)18-24/h4-11,17-18,21H,3,12-16H2,1-2H3,(H,27,29). The number of hydrogen-bond donors (Lipinski definition) is 1. The summed E-state index contributed by atoms with van der Waals surface area (Å²) in [6, 6.07) is 18.6. The van der Waals surface area contributed by atoms with Crippen molar-refractivity contribution in [3.63, 3.8) is 0 Å². The van der Waals surface area contributed by atoms with Crippen molar-refractivity contribution < 1.29 is 17.9 Å². The highest BCUT2D eigenvalue weighted by Crippen LogP contribution is 2.28. The molecule has 0 radical (unpaired) electrons. The van der Waals surface area contributed by atoms with Gasteiger partial charge in [0.15, 0.2) is 0 Å². The average Bonchev–Trinajstić information content (AvgIpc) is 2.84. The molecule has 0 aromatic heterocycles. The molecule has 174 valence electrons. The van der Waals surface area contributed by atoms with Gasteiger partial charge in [0.05, 0.1) is 11.5 Å². The molecule has 4 rings (SSSR count). The van der Waals surface area contributed by atoms with Crippen LogP contribution in [-0.2, 0) is 14.8 Å². The molecule has 1 saturated heterocycles. The fourth-order valence-corrected chi connectivity index (χ4v) is 5.66. The van der Waals surface area contributed by atoms with Gasteiger partial charge in [0.2, 0.25) is 15.9 Å². The van der Waals surface area contributed by atoms with E-state index in [0.29, 0.717) is 37.4 Å². The highest BCUT2D eigenvalue weighted by Gasteiger charge is 2.32. The van der Waals surface area contributed by atoms with Crippen LogP contribution in [0.4, 0.5) is 5.69 Å². The van der Waals surface area contributed by atoms with Crippen molar-refractivity contribution in [1.82, 2.24) is 4.31 Å². The summed E-state index contributed by atoms with van der Waals surface area (Å²) in [6.07, 6.45) is 1.93. The molecule has 3 aromatic rings. The molecule has 0 bridgehead atoms. The summed E-state index contributed by atoms with van der Waals surface area (Å²) in [5.74, 6) is 0.506. The molecule has 0 aliphatic carbocycles. The smallest absolute Gasteiger partial charge is 0.243 e. The van der Waals surface area contributed by atoms with E-state index in [2.05, 4.69) is 12.2 Å². The van der Waals surface area contributed by atoms with E-state index in [0.717, 1.165) is 34.2 Å². The minimum absolute atomic E-state index is 0.0666. The van der Waals surface area contributed by atoms with Crippen LogP contribution in [0.25, 0.3) is 10.8 Å². The summed E-state index contributed by atoms with van der Waals surface area (Å²) in [5, 5.41) is 4.91. The number of aryl methyl sites for hydroxylation is 1. The predicted molar refractivity (Wildman–Crippen MR) is 131 cm³/mol. The molecule has 0 saturated carbocycles. The van der Waals surface area contributed by atoms with Gasteiger partial charge in [-0.25, -0.2) is 8.42 Å². The maximum Gasteiger partial charge on any atom is 0.243 e. The van der Waals surface area contributed by atoms with Gasteiger partial charge in [-0.2, -0.15) is 4.31 Å². The van der Waals surface area contributed by atoms with Crippen molar-refractivity contribution in [1.29, 1.82) is 0 Å². The van der Waals surface area contributed by atoms with Crippen molar-refractivity contribution >= 4 is 32.4 Å². The molecule has 33 heavy (non-hydrogen) atoms. The van der Waals surface area contributed by atoms with Crippen LogP contribution >= 0.6 is 0 Å². The Kier molecular flexibility index (Phi) is 7.00. The molecule has 7 heteroatoms. The Bertz CT molecular complexity index is 1250. The van der Waals surface area contributed by atoms with Crippen molar-refractivity contribution in [2.75, 3.05) is 25.0 Å². The normalized spacial score (nSPS) is 15.5. The maximum atomic E-state index is 13.2. The topological polar surface area (TPSA) is 75.7 Å². The molecular weight excluding hydrogens is 436 g/mol. The molecule has 1 N–H and O–H groups in total. The van der Waals surface area contributed by atoms with E-state index in [-0.39, 0.29) is 11.8 Å². The molecule has 1 amide bonds. The summed E-state index contributed by atoms with van der Waals surface area (Å²) in [6.45, 7) is 5.31. The Balaban J connectivity index is 1.38. The Labute approximate surface area is 195 Å². The molecule has 0 unspecified atom stereocenters. The minimum Gasteiger partial charge on any atom is -0.494 e. The molecule has 1 heterocycles. The third kappa shape index (κ3) is 5.20. The summed E-state index contributed by atoms with van der Waals surface area (Å²) in [7, 11) is -3.59. The van der Waals surface area contributed by atoms with Gasteiger partial charge in [0, 0.05) is 24.7 Å². The lowest BCUT2D eigenvalue weighted by Gasteiger charge is -2.30. The summed E-state index contributed by atoms with van der Waals surface area (Å²) >= 11 is 0. The van der Waals surface area contributed by atoms with Crippen LogP contribution in [0.3, 0.4) is 0 Å². The number of piperidine rings is 1. The van der Waals surface area contributed by atoms with E-state index in [1.807, 2.05) is 55.5 Å². The van der Waals surface area contributed by atoms with E-state index < -0.39 is 10.0 Å². The third-order valence-electron chi connectivity index (χ3n) is 6.11. The Hall–Kier alpha value is -2.90. The predicted octanol–water partition coefficient (Wildman–Crippen LogP) is 4.98. The van der Waals surface area contributed by atoms with E-state index in [9.17, 15) is 13.2 Å². The molecule has 3 aromatic carbocycles. The summed E-state index contributed by atoms with van der Waals surface area (Å²) in [5.41, 5.74) is 1.70. The van der Waals surface area contributed by atoms with E-state index in [1.165, 1.54) is 4.31 Å². The van der Waals surface area contributed by atoms with Crippen LogP contribution in [0.15, 0.2) is 65.6 Å². The van der Waals surface area contributed by atoms with Crippen LogP contribution in [-0.4, -0.2) is 38.3 Å². The van der Waals surface area contributed by atoms with Gasteiger partial charge < -0.3 is 10.1 Å². The lowest BCUT2D eigenvalue weighted by molar-refractivity contribution is -0.120. The summed E-state index contributed by atoms with van der Waals surface area (Å²) in [4.78, 5) is 13.1. The number of hydrogen-bond acceptors (Lipinski definition) is 4. The average molecular weight is 467 g/mol.